The molecule has 0 bridgehead atoms. The zero-order chi connectivity index (χ0) is 10.4. The first-order chi connectivity index (χ1) is 6.77. The third kappa shape index (κ3) is 3.40. The first kappa shape index (κ1) is 11.7. The predicted molar refractivity (Wildman–Crippen MR) is 59.4 cm³/mol. The van der Waals surface area contributed by atoms with Crippen LogP contribution in [0, 0.1) is 0 Å². The van der Waals surface area contributed by atoms with Crippen molar-refractivity contribution in [2.45, 2.75) is 25.3 Å². The van der Waals surface area contributed by atoms with Gasteiger partial charge in [-0.05, 0) is 32.0 Å². The molecule has 14 heavy (non-hydrogen) atoms. The molecule has 0 aromatic rings. The summed E-state index contributed by atoms with van der Waals surface area (Å²) in [6.45, 7) is 7.20. The maximum absolute atomic E-state index is 9.22. The van der Waals surface area contributed by atoms with Crippen molar-refractivity contribution >= 4 is 0 Å². The monoisotopic (exact) mass is 198 g/mol. The molecule has 82 valence electrons. The van der Waals surface area contributed by atoms with Crippen molar-refractivity contribution in [3.63, 3.8) is 0 Å². The molecule has 0 spiro atoms. The minimum atomic E-state index is 0.285. The molecule has 1 saturated heterocycles. The lowest BCUT2D eigenvalue weighted by Gasteiger charge is -2.35. The molecule has 0 radical (unpaired) electrons. The number of nitrogens with zero attached hydrogens (tertiary/aromatic N) is 1. The van der Waals surface area contributed by atoms with Crippen molar-refractivity contribution < 1.29 is 5.11 Å². The van der Waals surface area contributed by atoms with Crippen LogP contribution in [0.2, 0.25) is 0 Å². The van der Waals surface area contributed by atoms with Gasteiger partial charge in [0.05, 0.1) is 6.61 Å². The van der Waals surface area contributed by atoms with Gasteiger partial charge in [-0.15, -0.1) is 0 Å². The van der Waals surface area contributed by atoms with Crippen LogP contribution in [0.25, 0.3) is 0 Å². The lowest BCUT2D eigenvalue weighted by molar-refractivity contribution is 0.0983. The lowest BCUT2D eigenvalue weighted by Crippen LogP contribution is -2.43. The fraction of sp³-hybridized carbons (Fsp3) is 0.818. The van der Waals surface area contributed by atoms with Crippen molar-refractivity contribution in [1.29, 1.82) is 0 Å². The van der Waals surface area contributed by atoms with Crippen LogP contribution in [-0.2, 0) is 0 Å². The van der Waals surface area contributed by atoms with Crippen molar-refractivity contribution in [2.24, 2.45) is 0 Å². The van der Waals surface area contributed by atoms with Crippen LogP contribution >= 0.6 is 0 Å². The number of likely N-dealkylation sites (N-methyl/N-ethyl adjacent to an activating group) is 1. The SMILES string of the molecule is C=C(CNC)CN1CCCCC1CO. The molecule has 1 unspecified atom stereocenters. The van der Waals surface area contributed by atoms with Gasteiger partial charge in [0.1, 0.15) is 0 Å². The number of hydrogen-bond donors (Lipinski definition) is 2. The predicted octanol–water partition coefficient (Wildman–Crippen LogP) is 0.609. The van der Waals surface area contributed by atoms with Gasteiger partial charge in [0, 0.05) is 19.1 Å². The van der Waals surface area contributed by atoms with Crippen LogP contribution in [-0.4, -0.2) is 49.3 Å². The Balaban J connectivity index is 2.36. The highest BCUT2D eigenvalue weighted by Gasteiger charge is 2.21. The standard InChI is InChI=1S/C11H22N2O/c1-10(7-12-2)8-13-6-4-3-5-11(13)9-14/h11-12,14H,1,3-9H2,2H3. The Morgan fingerprint density at radius 2 is 2.36 bits per heavy atom. The topological polar surface area (TPSA) is 35.5 Å². The molecule has 1 fully saturated rings. The molecule has 1 heterocycles. The van der Waals surface area contributed by atoms with Gasteiger partial charge in [-0.1, -0.05) is 13.0 Å². The van der Waals surface area contributed by atoms with Crippen molar-refractivity contribution in [3.8, 4) is 0 Å². The average molecular weight is 198 g/mol. The minimum absolute atomic E-state index is 0.285. The van der Waals surface area contributed by atoms with E-state index in [2.05, 4.69) is 16.8 Å². The summed E-state index contributed by atoms with van der Waals surface area (Å²) in [6.07, 6.45) is 3.63. The first-order valence-electron chi connectivity index (χ1n) is 5.44. The molecule has 1 atom stereocenters. The largest absolute Gasteiger partial charge is 0.395 e. The van der Waals surface area contributed by atoms with Crippen molar-refractivity contribution in [2.75, 3.05) is 33.3 Å². The summed E-state index contributed by atoms with van der Waals surface area (Å²) >= 11 is 0. The van der Waals surface area contributed by atoms with E-state index in [4.69, 9.17) is 0 Å². The van der Waals surface area contributed by atoms with E-state index in [1.54, 1.807) is 0 Å². The molecule has 1 aliphatic rings. The van der Waals surface area contributed by atoms with E-state index in [1.165, 1.54) is 18.4 Å². The zero-order valence-corrected chi connectivity index (χ0v) is 9.13. The summed E-state index contributed by atoms with van der Waals surface area (Å²) in [5.41, 5.74) is 1.20. The number of rotatable bonds is 5. The maximum Gasteiger partial charge on any atom is 0.0586 e. The smallest absolute Gasteiger partial charge is 0.0586 e. The lowest BCUT2D eigenvalue weighted by atomic mass is 10.0. The molecular formula is C11H22N2O. The number of hydrogen-bond acceptors (Lipinski definition) is 3. The molecule has 1 rings (SSSR count). The van der Waals surface area contributed by atoms with Gasteiger partial charge in [-0.25, -0.2) is 0 Å². The maximum atomic E-state index is 9.22. The normalized spacial score (nSPS) is 23.7. The van der Waals surface area contributed by atoms with Gasteiger partial charge in [-0.2, -0.15) is 0 Å². The molecule has 0 saturated carbocycles. The number of aliphatic hydroxyl groups excluding tert-OH is 1. The minimum Gasteiger partial charge on any atom is -0.395 e. The number of aliphatic hydroxyl groups is 1. The van der Waals surface area contributed by atoms with Crippen LogP contribution in [0.15, 0.2) is 12.2 Å². The molecule has 0 aromatic heterocycles. The summed E-state index contributed by atoms with van der Waals surface area (Å²) in [5.74, 6) is 0. The Bertz CT molecular complexity index is 182. The van der Waals surface area contributed by atoms with Crippen molar-refractivity contribution in [1.82, 2.24) is 10.2 Å². The highest BCUT2D eigenvalue weighted by atomic mass is 16.3. The molecule has 3 heteroatoms. The molecule has 2 N–H and O–H groups in total. The molecule has 3 nitrogen and oxygen atoms in total. The van der Waals surface area contributed by atoms with Gasteiger partial charge in [0.2, 0.25) is 0 Å². The van der Waals surface area contributed by atoms with E-state index in [0.29, 0.717) is 6.04 Å². The Kier molecular flexibility index (Phi) is 5.15. The third-order valence-corrected chi connectivity index (χ3v) is 2.81. The Hall–Kier alpha value is -0.380. The van der Waals surface area contributed by atoms with E-state index in [9.17, 15) is 5.11 Å². The zero-order valence-electron chi connectivity index (χ0n) is 9.13. The van der Waals surface area contributed by atoms with Gasteiger partial charge in [0.15, 0.2) is 0 Å². The van der Waals surface area contributed by atoms with Crippen LogP contribution in [0.5, 0.6) is 0 Å². The number of likely N-dealkylation sites (tertiary alicyclic amines) is 1. The third-order valence-electron chi connectivity index (χ3n) is 2.81. The van der Waals surface area contributed by atoms with E-state index >= 15 is 0 Å². The average Bonchev–Trinajstić information content (AvgIpc) is 2.19. The van der Waals surface area contributed by atoms with E-state index < -0.39 is 0 Å². The Labute approximate surface area is 86.8 Å². The van der Waals surface area contributed by atoms with Gasteiger partial charge < -0.3 is 10.4 Å². The van der Waals surface area contributed by atoms with E-state index in [1.807, 2.05) is 7.05 Å². The van der Waals surface area contributed by atoms with Crippen LogP contribution < -0.4 is 5.32 Å². The Morgan fingerprint density at radius 3 is 3.00 bits per heavy atom. The van der Waals surface area contributed by atoms with Crippen LogP contribution in [0.1, 0.15) is 19.3 Å². The summed E-state index contributed by atoms with van der Waals surface area (Å²) in [6, 6.07) is 0.359. The summed E-state index contributed by atoms with van der Waals surface area (Å²) in [7, 11) is 1.94. The second kappa shape index (κ2) is 6.17. The number of nitrogens with one attached hydrogen (secondary N) is 1. The quantitative estimate of drug-likeness (QED) is 0.635. The number of piperidine rings is 1. The van der Waals surface area contributed by atoms with Gasteiger partial charge in [0.25, 0.3) is 0 Å². The summed E-state index contributed by atoms with van der Waals surface area (Å²) in [4.78, 5) is 2.35. The van der Waals surface area contributed by atoms with E-state index in [-0.39, 0.29) is 6.61 Å². The van der Waals surface area contributed by atoms with Gasteiger partial charge in [-0.3, -0.25) is 4.90 Å². The fourth-order valence-corrected chi connectivity index (χ4v) is 2.07. The summed E-state index contributed by atoms with van der Waals surface area (Å²) in [5, 5.41) is 12.3. The van der Waals surface area contributed by atoms with E-state index in [0.717, 1.165) is 26.1 Å². The van der Waals surface area contributed by atoms with Crippen LogP contribution in [0.3, 0.4) is 0 Å². The molecule has 0 aromatic carbocycles. The molecule has 1 aliphatic heterocycles. The highest BCUT2D eigenvalue weighted by molar-refractivity contribution is 5.00. The Morgan fingerprint density at radius 1 is 1.57 bits per heavy atom. The first-order valence-corrected chi connectivity index (χ1v) is 5.44. The van der Waals surface area contributed by atoms with Gasteiger partial charge >= 0.3 is 0 Å². The molecule has 0 aliphatic carbocycles. The second-order valence-electron chi connectivity index (χ2n) is 4.08. The molecular weight excluding hydrogens is 176 g/mol. The summed E-state index contributed by atoms with van der Waals surface area (Å²) < 4.78 is 0. The second-order valence-corrected chi connectivity index (χ2v) is 4.08. The molecule has 0 amide bonds. The fourth-order valence-electron chi connectivity index (χ4n) is 2.07. The van der Waals surface area contributed by atoms with Crippen molar-refractivity contribution in [3.05, 3.63) is 12.2 Å². The van der Waals surface area contributed by atoms with Crippen LogP contribution in [0.4, 0.5) is 0 Å². The highest BCUT2D eigenvalue weighted by Crippen LogP contribution is 2.17.